The summed E-state index contributed by atoms with van der Waals surface area (Å²) in [6.45, 7) is 5.21. The highest BCUT2D eigenvalue weighted by atomic mass is 16.5. The maximum Gasteiger partial charge on any atom is 0.410 e. The van der Waals surface area contributed by atoms with Gasteiger partial charge >= 0.3 is 13.0 Å². The van der Waals surface area contributed by atoms with Gasteiger partial charge in [-0.15, -0.1) is 0 Å². The van der Waals surface area contributed by atoms with Gasteiger partial charge in [-0.3, -0.25) is 4.79 Å². The van der Waals surface area contributed by atoms with E-state index >= 15 is 0 Å². The number of hydrogen-bond acceptors (Lipinski definition) is 7. The molecule has 2 heterocycles. The van der Waals surface area contributed by atoms with Crippen molar-refractivity contribution >= 4 is 18.8 Å². The van der Waals surface area contributed by atoms with Gasteiger partial charge in [0.05, 0.1) is 25.9 Å². The number of pyridine rings is 1. The first kappa shape index (κ1) is 18.2. The molecule has 1 aliphatic rings. The van der Waals surface area contributed by atoms with Crippen LogP contribution in [0, 0.1) is 17.2 Å². The number of nitrogens with zero attached hydrogens (tertiary/aromatic N) is 3. The van der Waals surface area contributed by atoms with Crippen LogP contribution in [-0.4, -0.2) is 42.8 Å². The molecule has 7 nitrogen and oxygen atoms in total. The lowest BCUT2D eigenvalue weighted by atomic mass is 9.84. The first-order chi connectivity index (χ1) is 11.6. The molecule has 0 fully saturated rings. The Morgan fingerprint density at radius 1 is 1.62 bits per heavy atom. The van der Waals surface area contributed by atoms with E-state index < -0.39 is 18.9 Å². The van der Waals surface area contributed by atoms with Gasteiger partial charge in [-0.25, -0.2) is 4.98 Å². The van der Waals surface area contributed by atoms with E-state index in [1.54, 1.807) is 18.6 Å². The number of fused-ring (bicyclic) bond motifs is 1. The fourth-order valence-corrected chi connectivity index (χ4v) is 2.60. The minimum absolute atomic E-state index is 0.261. The predicted octanol–water partition coefficient (Wildman–Crippen LogP) is 1.16. The zero-order valence-electron chi connectivity index (χ0n) is 14.1. The number of ether oxygens (including phenoxy) is 2. The van der Waals surface area contributed by atoms with Crippen LogP contribution in [0.15, 0.2) is 12.1 Å². The fourth-order valence-electron chi connectivity index (χ4n) is 2.60. The van der Waals surface area contributed by atoms with Crippen molar-refractivity contribution in [3.05, 3.63) is 23.4 Å². The number of anilines is 1. The normalized spacial score (nSPS) is 15.0. The van der Waals surface area contributed by atoms with Crippen molar-refractivity contribution in [2.45, 2.75) is 33.2 Å². The molecule has 0 radical (unpaired) electrons. The van der Waals surface area contributed by atoms with Crippen molar-refractivity contribution in [2.24, 2.45) is 5.92 Å². The van der Waals surface area contributed by atoms with Crippen LogP contribution in [0.25, 0.3) is 0 Å². The van der Waals surface area contributed by atoms with Crippen LogP contribution in [0.1, 0.15) is 24.6 Å². The molecule has 0 bridgehead atoms. The maximum absolute atomic E-state index is 11.7. The van der Waals surface area contributed by atoms with E-state index in [1.807, 2.05) is 18.2 Å². The Labute approximate surface area is 142 Å². The minimum Gasteiger partial charge on any atom is -0.465 e. The highest BCUT2D eigenvalue weighted by Crippen LogP contribution is 2.23. The molecule has 0 saturated carbocycles. The van der Waals surface area contributed by atoms with Gasteiger partial charge in [0.25, 0.3) is 0 Å². The topological polar surface area (TPSA) is 95.7 Å². The van der Waals surface area contributed by atoms with Crippen LogP contribution < -0.4 is 4.81 Å². The second-order valence-electron chi connectivity index (χ2n) is 5.64. The van der Waals surface area contributed by atoms with Crippen molar-refractivity contribution in [3.63, 3.8) is 0 Å². The molecule has 1 atom stereocenters. The van der Waals surface area contributed by atoms with E-state index in [4.69, 9.17) is 14.7 Å². The summed E-state index contributed by atoms with van der Waals surface area (Å²) in [5, 5.41) is 19.1. The van der Waals surface area contributed by atoms with Gasteiger partial charge in [0.1, 0.15) is 11.7 Å². The third-order valence-electron chi connectivity index (χ3n) is 3.89. The number of nitriles is 1. The SMILES string of the molecule is CCOC(=O)C(C#N)CCc1ccc2c(n1)N(B(C)O)CCOC2. The molecule has 1 N–H and O–H groups in total. The van der Waals surface area contributed by atoms with Gasteiger partial charge in [0, 0.05) is 17.8 Å². The fraction of sp³-hybridized carbons (Fsp3) is 0.562. The Balaban J connectivity index is 2.12. The number of aromatic nitrogens is 1. The van der Waals surface area contributed by atoms with E-state index in [0.717, 1.165) is 11.3 Å². The summed E-state index contributed by atoms with van der Waals surface area (Å²) in [7, 11) is -0.667. The number of hydrogen-bond donors (Lipinski definition) is 1. The Hall–Kier alpha value is -2.11. The molecular formula is C16H22BN3O4. The third kappa shape index (κ3) is 4.46. The molecule has 1 aromatic rings. The van der Waals surface area contributed by atoms with Crippen molar-refractivity contribution in [3.8, 4) is 6.07 Å². The van der Waals surface area contributed by atoms with Crippen LogP contribution in [0.2, 0.25) is 6.82 Å². The second kappa shape index (κ2) is 8.66. The summed E-state index contributed by atoms with van der Waals surface area (Å²) in [6.07, 6.45) is 0.838. The van der Waals surface area contributed by atoms with E-state index in [1.165, 1.54) is 0 Å². The Morgan fingerprint density at radius 3 is 3.08 bits per heavy atom. The largest absolute Gasteiger partial charge is 0.465 e. The van der Waals surface area contributed by atoms with Gasteiger partial charge in [0.15, 0.2) is 0 Å². The third-order valence-corrected chi connectivity index (χ3v) is 3.89. The molecule has 0 spiro atoms. The number of aryl methyl sites for hydroxylation is 1. The van der Waals surface area contributed by atoms with Crippen LogP contribution >= 0.6 is 0 Å². The van der Waals surface area contributed by atoms with Gasteiger partial charge in [-0.05, 0) is 32.7 Å². The number of esters is 1. The second-order valence-corrected chi connectivity index (χ2v) is 5.64. The lowest BCUT2D eigenvalue weighted by molar-refractivity contribution is -0.146. The van der Waals surface area contributed by atoms with Crippen LogP contribution in [-0.2, 0) is 27.3 Å². The summed E-state index contributed by atoms with van der Waals surface area (Å²) in [5.41, 5.74) is 1.69. The Morgan fingerprint density at radius 2 is 2.42 bits per heavy atom. The average molecular weight is 331 g/mol. The summed E-state index contributed by atoms with van der Waals surface area (Å²) in [4.78, 5) is 18.1. The van der Waals surface area contributed by atoms with E-state index in [0.29, 0.717) is 38.4 Å². The summed E-state index contributed by atoms with van der Waals surface area (Å²) in [6, 6.07) is 5.77. The van der Waals surface area contributed by atoms with Crippen LogP contribution in [0.5, 0.6) is 0 Å². The first-order valence-corrected chi connectivity index (χ1v) is 8.14. The zero-order valence-corrected chi connectivity index (χ0v) is 14.1. The van der Waals surface area contributed by atoms with Crippen molar-refractivity contribution in [1.82, 2.24) is 4.98 Å². The Kier molecular flexibility index (Phi) is 6.58. The first-order valence-electron chi connectivity index (χ1n) is 8.14. The Bertz CT molecular complexity index is 618. The molecular weight excluding hydrogens is 309 g/mol. The van der Waals surface area contributed by atoms with Gasteiger partial charge in [0.2, 0.25) is 0 Å². The van der Waals surface area contributed by atoms with Crippen LogP contribution in [0.4, 0.5) is 5.82 Å². The molecule has 0 saturated heterocycles. The summed E-state index contributed by atoms with van der Waals surface area (Å²) >= 11 is 0. The molecule has 8 heteroatoms. The van der Waals surface area contributed by atoms with E-state index in [9.17, 15) is 9.82 Å². The smallest absolute Gasteiger partial charge is 0.410 e. The van der Waals surface area contributed by atoms with Gasteiger partial charge in [-0.1, -0.05) is 6.07 Å². The molecule has 0 aliphatic carbocycles. The molecule has 24 heavy (non-hydrogen) atoms. The highest BCUT2D eigenvalue weighted by Gasteiger charge is 2.24. The lowest BCUT2D eigenvalue weighted by Crippen LogP contribution is -2.39. The van der Waals surface area contributed by atoms with Crippen LogP contribution in [0.3, 0.4) is 0 Å². The predicted molar refractivity (Wildman–Crippen MR) is 89.1 cm³/mol. The molecule has 1 aliphatic heterocycles. The van der Waals surface area contributed by atoms with Gasteiger partial charge in [-0.2, -0.15) is 5.26 Å². The molecule has 2 rings (SSSR count). The standard InChI is InChI=1S/C16H22BN3O4/c1-3-24-16(21)12(10-18)4-6-14-7-5-13-11-23-9-8-20(17(2)22)15(13)19-14/h5,7,12,22H,3-4,6,8-9,11H2,1-2H3. The molecule has 1 unspecified atom stereocenters. The number of carbonyl (C=O) groups is 1. The summed E-state index contributed by atoms with van der Waals surface area (Å²) < 4.78 is 10.4. The number of carbonyl (C=O) groups excluding carboxylic acids is 1. The minimum atomic E-state index is -0.790. The lowest BCUT2D eigenvalue weighted by Gasteiger charge is -2.24. The van der Waals surface area contributed by atoms with Gasteiger partial charge < -0.3 is 19.3 Å². The van der Waals surface area contributed by atoms with E-state index in [2.05, 4.69) is 4.98 Å². The summed E-state index contributed by atoms with van der Waals surface area (Å²) in [5.74, 6) is -0.583. The molecule has 0 aromatic carbocycles. The quantitative estimate of drug-likeness (QED) is 0.617. The van der Waals surface area contributed by atoms with Crippen molar-refractivity contribution in [2.75, 3.05) is 24.6 Å². The maximum atomic E-state index is 11.7. The van der Waals surface area contributed by atoms with Crippen molar-refractivity contribution in [1.29, 1.82) is 5.26 Å². The monoisotopic (exact) mass is 331 g/mol. The molecule has 0 amide bonds. The zero-order chi connectivity index (χ0) is 17.5. The van der Waals surface area contributed by atoms with E-state index in [-0.39, 0.29) is 6.61 Å². The highest BCUT2D eigenvalue weighted by molar-refractivity contribution is 6.53. The molecule has 1 aromatic heterocycles. The van der Waals surface area contributed by atoms with Crippen molar-refractivity contribution < 1.29 is 19.3 Å². The average Bonchev–Trinajstić information content (AvgIpc) is 2.77. The molecule has 128 valence electrons. The number of rotatable bonds is 6.